The Labute approximate surface area is 143 Å². The summed E-state index contributed by atoms with van der Waals surface area (Å²) >= 11 is 0. The lowest BCUT2D eigenvalue weighted by Crippen LogP contribution is -2.34. The third kappa shape index (κ3) is 4.10. The van der Waals surface area contributed by atoms with E-state index >= 15 is 0 Å². The molecule has 0 saturated carbocycles. The average Bonchev–Trinajstić information content (AvgIpc) is 2.95. The van der Waals surface area contributed by atoms with E-state index in [-0.39, 0.29) is 6.61 Å². The van der Waals surface area contributed by atoms with Crippen LogP contribution in [0.15, 0.2) is 24.4 Å². The molecule has 0 bridgehead atoms. The topological polar surface area (TPSA) is 57.4 Å². The maximum atomic E-state index is 12.6. The molecule has 0 saturated heterocycles. The summed E-state index contributed by atoms with van der Waals surface area (Å²) in [6.45, 7) is 3.15. The molecule has 2 aromatic heterocycles. The number of pyridine rings is 1. The van der Waals surface area contributed by atoms with Crippen LogP contribution in [0, 0.1) is 0 Å². The molecule has 3 heterocycles. The van der Waals surface area contributed by atoms with Crippen LogP contribution < -0.4 is 4.90 Å². The van der Waals surface area contributed by atoms with Crippen LogP contribution in [0.3, 0.4) is 0 Å². The molecule has 25 heavy (non-hydrogen) atoms. The quantitative estimate of drug-likeness (QED) is 0.886. The molecule has 1 aliphatic heterocycles. The van der Waals surface area contributed by atoms with Gasteiger partial charge in [0.25, 0.3) is 0 Å². The molecule has 2 aromatic rings. The zero-order valence-electron chi connectivity index (χ0n) is 13.9. The minimum absolute atomic E-state index is 0.0947. The number of alkyl halides is 3. The van der Waals surface area contributed by atoms with Crippen LogP contribution >= 0.6 is 0 Å². The molecule has 0 radical (unpaired) electrons. The maximum absolute atomic E-state index is 12.6. The fourth-order valence-electron chi connectivity index (χ4n) is 2.87. The highest BCUT2D eigenvalue weighted by atomic mass is 19.4. The van der Waals surface area contributed by atoms with Crippen molar-refractivity contribution in [3.8, 4) is 0 Å². The lowest BCUT2D eigenvalue weighted by molar-refractivity contribution is -0.137. The first-order chi connectivity index (χ1) is 11.9. The Morgan fingerprint density at radius 2 is 2.08 bits per heavy atom. The van der Waals surface area contributed by atoms with Gasteiger partial charge in [0.05, 0.1) is 36.6 Å². The number of aromatic nitrogens is 3. The first-order valence-electron chi connectivity index (χ1n) is 8.00. The van der Waals surface area contributed by atoms with Gasteiger partial charge >= 0.3 is 6.18 Å². The van der Waals surface area contributed by atoms with E-state index in [0.717, 1.165) is 23.7 Å². The van der Waals surface area contributed by atoms with Crippen molar-refractivity contribution in [3.63, 3.8) is 0 Å². The van der Waals surface area contributed by atoms with Crippen molar-refractivity contribution in [2.45, 2.75) is 25.8 Å². The van der Waals surface area contributed by atoms with Crippen LogP contribution in [0.4, 0.5) is 19.0 Å². The molecular weight excluding hydrogens is 335 g/mol. The fourth-order valence-corrected chi connectivity index (χ4v) is 2.87. The van der Waals surface area contributed by atoms with E-state index < -0.39 is 11.7 Å². The summed E-state index contributed by atoms with van der Waals surface area (Å²) < 4.78 is 39.8. The van der Waals surface area contributed by atoms with Gasteiger partial charge in [-0.25, -0.2) is 4.98 Å². The predicted molar refractivity (Wildman–Crippen MR) is 85.9 cm³/mol. The van der Waals surface area contributed by atoms with Gasteiger partial charge < -0.3 is 10.0 Å². The molecule has 6 nitrogen and oxygen atoms in total. The second-order valence-corrected chi connectivity index (χ2v) is 6.14. The third-order valence-corrected chi connectivity index (χ3v) is 4.16. The molecule has 9 heteroatoms. The van der Waals surface area contributed by atoms with Gasteiger partial charge in [-0.15, -0.1) is 0 Å². The van der Waals surface area contributed by atoms with Crippen LogP contribution in [-0.4, -0.2) is 51.5 Å². The normalized spacial score (nSPS) is 14.9. The van der Waals surface area contributed by atoms with Gasteiger partial charge in [0.15, 0.2) is 0 Å². The number of hydrogen-bond acceptors (Lipinski definition) is 5. The summed E-state index contributed by atoms with van der Waals surface area (Å²) in [5.41, 5.74) is 1.17. The van der Waals surface area contributed by atoms with Crippen LogP contribution in [0.1, 0.15) is 17.0 Å². The van der Waals surface area contributed by atoms with E-state index in [1.165, 1.54) is 6.07 Å². The molecule has 0 spiro atoms. The number of rotatable bonds is 5. The van der Waals surface area contributed by atoms with Crippen LogP contribution in [0.2, 0.25) is 0 Å². The Bertz CT molecular complexity index is 714. The smallest absolute Gasteiger partial charge is 0.395 e. The number of fused-ring (bicyclic) bond motifs is 1. The number of aliphatic hydroxyl groups is 1. The zero-order chi connectivity index (χ0) is 18.0. The summed E-state index contributed by atoms with van der Waals surface area (Å²) in [4.78, 5) is 7.88. The molecular formula is C16H20F3N5O. The average molecular weight is 355 g/mol. The van der Waals surface area contributed by atoms with E-state index in [9.17, 15) is 13.2 Å². The number of hydrogen-bond donors (Lipinski definition) is 1. The van der Waals surface area contributed by atoms with Crippen molar-refractivity contribution >= 4 is 5.82 Å². The first-order valence-corrected chi connectivity index (χ1v) is 8.00. The number of nitrogens with zero attached hydrogens (tertiary/aromatic N) is 5. The van der Waals surface area contributed by atoms with Gasteiger partial charge in [-0.05, 0) is 25.2 Å². The molecule has 1 aliphatic rings. The Balaban J connectivity index is 1.69. The number of halogens is 3. The summed E-state index contributed by atoms with van der Waals surface area (Å²) in [6.07, 6.45) is -3.50. The molecule has 3 rings (SSSR count). The van der Waals surface area contributed by atoms with Gasteiger partial charge in [-0.2, -0.15) is 18.3 Å². The number of likely N-dealkylation sites (N-methyl/N-ethyl adjacent to an activating group) is 1. The van der Waals surface area contributed by atoms with Crippen LogP contribution in [0.25, 0.3) is 0 Å². The monoisotopic (exact) mass is 355 g/mol. The predicted octanol–water partition coefficient (Wildman–Crippen LogP) is 1.74. The minimum Gasteiger partial charge on any atom is -0.395 e. The molecule has 0 aromatic carbocycles. The molecule has 0 atom stereocenters. The lowest BCUT2D eigenvalue weighted by atomic mass is 10.2. The maximum Gasteiger partial charge on any atom is 0.417 e. The highest BCUT2D eigenvalue weighted by Gasteiger charge is 2.31. The molecule has 0 amide bonds. The second kappa shape index (κ2) is 7.01. The molecule has 0 unspecified atom stereocenters. The number of aliphatic hydroxyl groups excluding tert-OH is 1. The molecule has 136 valence electrons. The van der Waals surface area contributed by atoms with E-state index in [2.05, 4.69) is 10.1 Å². The standard InChI is InChI=1S/C16H20F3N5O/c1-22(6-7-25)10-13-8-14-11-23(4-5-24(14)21-13)15-3-2-12(9-20-15)16(17,18)19/h2-3,8-9,25H,4-7,10-11H2,1H3. The summed E-state index contributed by atoms with van der Waals surface area (Å²) in [5, 5.41) is 13.5. The Morgan fingerprint density at radius 1 is 1.28 bits per heavy atom. The van der Waals surface area contributed by atoms with Crippen LogP contribution in [-0.2, 0) is 25.8 Å². The van der Waals surface area contributed by atoms with Crippen molar-refractivity contribution in [2.75, 3.05) is 31.6 Å². The van der Waals surface area contributed by atoms with E-state index in [4.69, 9.17) is 5.11 Å². The Hall–Kier alpha value is -2.13. The zero-order valence-corrected chi connectivity index (χ0v) is 13.9. The molecule has 0 fully saturated rings. The van der Waals surface area contributed by atoms with Crippen LogP contribution in [0.5, 0.6) is 0 Å². The summed E-state index contributed by atoms with van der Waals surface area (Å²) in [7, 11) is 1.91. The summed E-state index contributed by atoms with van der Waals surface area (Å²) in [5.74, 6) is 0.527. The SMILES string of the molecule is CN(CCO)Cc1cc2n(n1)CCN(c1ccc(C(F)(F)F)cn1)C2. The van der Waals surface area contributed by atoms with Crippen molar-refractivity contribution in [1.29, 1.82) is 0 Å². The Kier molecular flexibility index (Phi) is 4.96. The highest BCUT2D eigenvalue weighted by molar-refractivity contribution is 5.41. The number of anilines is 1. The van der Waals surface area contributed by atoms with Crippen molar-refractivity contribution in [3.05, 3.63) is 41.3 Å². The van der Waals surface area contributed by atoms with E-state index in [1.807, 2.05) is 27.6 Å². The van der Waals surface area contributed by atoms with Gasteiger partial charge in [0.2, 0.25) is 0 Å². The minimum atomic E-state index is -4.37. The highest BCUT2D eigenvalue weighted by Crippen LogP contribution is 2.30. The third-order valence-electron chi connectivity index (χ3n) is 4.16. The fraction of sp³-hybridized carbons (Fsp3) is 0.500. The van der Waals surface area contributed by atoms with Crippen molar-refractivity contribution in [2.24, 2.45) is 0 Å². The van der Waals surface area contributed by atoms with Gasteiger partial charge in [0.1, 0.15) is 5.82 Å². The van der Waals surface area contributed by atoms with Gasteiger partial charge in [-0.3, -0.25) is 9.58 Å². The molecule has 1 N–H and O–H groups in total. The van der Waals surface area contributed by atoms with E-state index in [1.54, 1.807) is 0 Å². The first kappa shape index (κ1) is 17.7. The largest absolute Gasteiger partial charge is 0.417 e. The second-order valence-electron chi connectivity index (χ2n) is 6.14. The van der Waals surface area contributed by atoms with Crippen molar-refractivity contribution in [1.82, 2.24) is 19.7 Å². The summed E-state index contributed by atoms with van der Waals surface area (Å²) in [6, 6.07) is 4.46. The van der Waals surface area contributed by atoms with E-state index in [0.29, 0.717) is 38.5 Å². The molecule has 0 aliphatic carbocycles. The van der Waals surface area contributed by atoms with Crippen molar-refractivity contribution < 1.29 is 18.3 Å². The van der Waals surface area contributed by atoms with Gasteiger partial charge in [-0.1, -0.05) is 0 Å². The Morgan fingerprint density at radius 3 is 2.72 bits per heavy atom. The van der Waals surface area contributed by atoms with Gasteiger partial charge in [0, 0.05) is 25.8 Å². The lowest BCUT2D eigenvalue weighted by Gasteiger charge is -2.28.